The quantitative estimate of drug-likeness (QED) is 0.648. The number of likely N-dealkylation sites (tertiary alicyclic amines) is 1. The summed E-state index contributed by atoms with van der Waals surface area (Å²) in [6, 6.07) is -0.546. The lowest BCUT2D eigenvalue weighted by Crippen LogP contribution is -2.44. The highest BCUT2D eigenvalue weighted by atomic mass is 16.5. The molecule has 0 radical (unpaired) electrons. The highest BCUT2D eigenvalue weighted by molar-refractivity contribution is 5.85. The van der Waals surface area contributed by atoms with Crippen LogP contribution in [0.3, 0.4) is 0 Å². The van der Waals surface area contributed by atoms with Gasteiger partial charge in [-0.15, -0.1) is 0 Å². The van der Waals surface area contributed by atoms with Gasteiger partial charge in [-0.25, -0.2) is 4.79 Å². The third-order valence-electron chi connectivity index (χ3n) is 2.56. The molecule has 0 aliphatic carbocycles. The van der Waals surface area contributed by atoms with Crippen molar-refractivity contribution in [1.82, 2.24) is 15.5 Å². The molecule has 1 saturated heterocycles. The average molecular weight is 257 g/mol. The van der Waals surface area contributed by atoms with Crippen LogP contribution in [0.2, 0.25) is 0 Å². The van der Waals surface area contributed by atoms with Gasteiger partial charge in [-0.1, -0.05) is 0 Å². The maximum Gasteiger partial charge on any atom is 0.325 e. The SMILES string of the molecule is CCOC(=O)CNC(=O)NCC(=O)N1CCCC1. The minimum absolute atomic E-state index is 0.0470. The van der Waals surface area contributed by atoms with Crippen molar-refractivity contribution in [2.45, 2.75) is 19.8 Å². The monoisotopic (exact) mass is 257 g/mol. The number of nitrogens with zero attached hydrogens (tertiary/aromatic N) is 1. The Morgan fingerprint density at radius 3 is 2.33 bits per heavy atom. The first-order chi connectivity index (χ1) is 8.63. The molecule has 1 heterocycles. The summed E-state index contributed by atoms with van der Waals surface area (Å²) < 4.78 is 4.64. The third-order valence-corrected chi connectivity index (χ3v) is 2.56. The predicted octanol–water partition coefficient (Wildman–Crippen LogP) is -0.529. The van der Waals surface area contributed by atoms with Crippen molar-refractivity contribution in [3.63, 3.8) is 0 Å². The Morgan fingerprint density at radius 1 is 1.11 bits per heavy atom. The van der Waals surface area contributed by atoms with Gasteiger partial charge in [-0.05, 0) is 19.8 Å². The van der Waals surface area contributed by atoms with Crippen molar-refractivity contribution < 1.29 is 19.1 Å². The zero-order valence-electron chi connectivity index (χ0n) is 10.5. The van der Waals surface area contributed by atoms with Crippen molar-refractivity contribution in [3.05, 3.63) is 0 Å². The lowest BCUT2D eigenvalue weighted by molar-refractivity contribution is -0.141. The molecule has 0 aromatic rings. The van der Waals surface area contributed by atoms with Gasteiger partial charge in [0, 0.05) is 13.1 Å². The first-order valence-electron chi connectivity index (χ1n) is 6.08. The predicted molar refractivity (Wildman–Crippen MR) is 63.8 cm³/mol. The molecule has 18 heavy (non-hydrogen) atoms. The number of amides is 3. The molecule has 0 atom stereocenters. The Morgan fingerprint density at radius 2 is 1.72 bits per heavy atom. The maximum absolute atomic E-state index is 11.6. The van der Waals surface area contributed by atoms with E-state index in [1.165, 1.54) is 0 Å². The molecule has 1 rings (SSSR count). The van der Waals surface area contributed by atoms with E-state index in [2.05, 4.69) is 15.4 Å². The zero-order chi connectivity index (χ0) is 13.4. The van der Waals surface area contributed by atoms with Crippen LogP contribution in [0, 0.1) is 0 Å². The topological polar surface area (TPSA) is 87.7 Å². The number of carbonyl (C=O) groups is 3. The van der Waals surface area contributed by atoms with Gasteiger partial charge in [-0.2, -0.15) is 0 Å². The number of urea groups is 1. The fourth-order valence-corrected chi connectivity index (χ4v) is 1.66. The summed E-state index contributed by atoms with van der Waals surface area (Å²) in [5.74, 6) is -0.600. The fraction of sp³-hybridized carbons (Fsp3) is 0.727. The van der Waals surface area contributed by atoms with Crippen LogP contribution in [-0.2, 0) is 14.3 Å². The van der Waals surface area contributed by atoms with Gasteiger partial charge >= 0.3 is 12.0 Å². The number of rotatable bonds is 5. The number of hydrogen-bond acceptors (Lipinski definition) is 4. The van der Waals surface area contributed by atoms with E-state index in [1.807, 2.05) is 0 Å². The van der Waals surface area contributed by atoms with E-state index in [4.69, 9.17) is 0 Å². The molecule has 102 valence electrons. The molecule has 1 fully saturated rings. The number of ether oxygens (including phenoxy) is 1. The van der Waals surface area contributed by atoms with Crippen LogP contribution in [0.15, 0.2) is 0 Å². The standard InChI is InChI=1S/C11H19N3O4/c1-2-18-10(16)8-13-11(17)12-7-9(15)14-5-3-4-6-14/h2-8H2,1H3,(H2,12,13,17). The zero-order valence-corrected chi connectivity index (χ0v) is 10.5. The van der Waals surface area contributed by atoms with Crippen LogP contribution in [-0.4, -0.2) is 55.6 Å². The lowest BCUT2D eigenvalue weighted by Gasteiger charge is -2.15. The molecule has 0 aromatic heterocycles. The molecular weight excluding hydrogens is 238 g/mol. The van der Waals surface area contributed by atoms with E-state index in [-0.39, 0.29) is 25.6 Å². The second-order valence-corrected chi connectivity index (χ2v) is 3.93. The summed E-state index contributed by atoms with van der Waals surface area (Å²) in [5, 5.41) is 4.73. The Bertz CT molecular complexity index is 313. The van der Waals surface area contributed by atoms with E-state index in [0.717, 1.165) is 25.9 Å². The largest absolute Gasteiger partial charge is 0.465 e. The fourth-order valence-electron chi connectivity index (χ4n) is 1.66. The number of hydrogen-bond donors (Lipinski definition) is 2. The van der Waals surface area contributed by atoms with Crippen LogP contribution < -0.4 is 10.6 Å². The highest BCUT2D eigenvalue weighted by Gasteiger charge is 2.18. The second kappa shape index (κ2) is 7.52. The molecule has 0 bridgehead atoms. The van der Waals surface area contributed by atoms with Crippen molar-refractivity contribution >= 4 is 17.9 Å². The highest BCUT2D eigenvalue weighted by Crippen LogP contribution is 2.06. The van der Waals surface area contributed by atoms with Crippen LogP contribution in [0.1, 0.15) is 19.8 Å². The van der Waals surface area contributed by atoms with Gasteiger partial charge in [0.25, 0.3) is 0 Å². The number of esters is 1. The Kier molecular flexibility index (Phi) is 5.96. The molecule has 0 saturated carbocycles. The van der Waals surface area contributed by atoms with Crippen molar-refractivity contribution in [2.24, 2.45) is 0 Å². The Labute approximate surface area is 106 Å². The minimum Gasteiger partial charge on any atom is -0.465 e. The summed E-state index contributed by atoms with van der Waals surface area (Å²) >= 11 is 0. The average Bonchev–Trinajstić information content (AvgIpc) is 2.87. The van der Waals surface area contributed by atoms with Gasteiger partial charge in [0.1, 0.15) is 6.54 Å². The third kappa shape index (κ3) is 5.03. The molecule has 0 aromatic carbocycles. The summed E-state index contributed by atoms with van der Waals surface area (Å²) in [5.41, 5.74) is 0. The van der Waals surface area contributed by atoms with Crippen LogP contribution in [0.5, 0.6) is 0 Å². The number of nitrogens with one attached hydrogen (secondary N) is 2. The summed E-state index contributed by atoms with van der Waals surface area (Å²) in [7, 11) is 0. The second-order valence-electron chi connectivity index (χ2n) is 3.93. The maximum atomic E-state index is 11.6. The van der Waals surface area contributed by atoms with Crippen molar-refractivity contribution in [1.29, 1.82) is 0 Å². The van der Waals surface area contributed by atoms with Gasteiger partial charge in [0.05, 0.1) is 13.2 Å². The van der Waals surface area contributed by atoms with Gasteiger partial charge < -0.3 is 20.3 Å². The summed E-state index contributed by atoms with van der Waals surface area (Å²) in [6.45, 7) is 3.23. The van der Waals surface area contributed by atoms with E-state index in [0.29, 0.717) is 0 Å². The van der Waals surface area contributed by atoms with Crippen molar-refractivity contribution in [3.8, 4) is 0 Å². The Hall–Kier alpha value is -1.79. The molecule has 7 heteroatoms. The molecule has 3 amide bonds. The van der Waals surface area contributed by atoms with Gasteiger partial charge in [0.2, 0.25) is 5.91 Å². The minimum atomic E-state index is -0.546. The smallest absolute Gasteiger partial charge is 0.325 e. The first-order valence-corrected chi connectivity index (χ1v) is 6.08. The van der Waals surface area contributed by atoms with Crippen LogP contribution in [0.4, 0.5) is 4.79 Å². The molecule has 1 aliphatic rings. The lowest BCUT2D eigenvalue weighted by atomic mass is 10.4. The summed E-state index contributed by atoms with van der Waals surface area (Å²) in [6.07, 6.45) is 2.03. The molecule has 1 aliphatic heterocycles. The molecule has 2 N–H and O–H groups in total. The van der Waals surface area contributed by atoms with Crippen LogP contribution in [0.25, 0.3) is 0 Å². The van der Waals surface area contributed by atoms with E-state index in [9.17, 15) is 14.4 Å². The van der Waals surface area contributed by atoms with Crippen molar-refractivity contribution in [2.75, 3.05) is 32.8 Å². The summed E-state index contributed by atoms with van der Waals surface area (Å²) in [4.78, 5) is 35.5. The van der Waals surface area contributed by atoms with E-state index >= 15 is 0 Å². The van der Waals surface area contributed by atoms with E-state index < -0.39 is 12.0 Å². The van der Waals surface area contributed by atoms with Gasteiger partial charge in [-0.3, -0.25) is 9.59 Å². The molecule has 7 nitrogen and oxygen atoms in total. The van der Waals surface area contributed by atoms with Gasteiger partial charge in [0.15, 0.2) is 0 Å². The molecule has 0 spiro atoms. The number of carbonyl (C=O) groups excluding carboxylic acids is 3. The molecular formula is C11H19N3O4. The first kappa shape index (κ1) is 14.3. The molecule has 0 unspecified atom stereocenters. The van der Waals surface area contributed by atoms with E-state index in [1.54, 1.807) is 11.8 Å². The Balaban J connectivity index is 2.12. The van der Waals surface area contributed by atoms with Crippen LogP contribution >= 0.6 is 0 Å². The normalized spacial score (nSPS) is 14.2.